The zero-order valence-corrected chi connectivity index (χ0v) is 14.6. The van der Waals surface area contributed by atoms with Gasteiger partial charge in [-0.3, -0.25) is 4.68 Å². The van der Waals surface area contributed by atoms with E-state index in [9.17, 15) is 4.39 Å². The van der Waals surface area contributed by atoms with Crippen LogP contribution in [0.3, 0.4) is 0 Å². The van der Waals surface area contributed by atoms with Crippen molar-refractivity contribution in [3.05, 3.63) is 41.8 Å². The van der Waals surface area contributed by atoms with Crippen LogP contribution >= 0.6 is 12.4 Å². The predicted molar refractivity (Wildman–Crippen MR) is 94.0 cm³/mol. The topological polar surface area (TPSA) is 68.8 Å². The first-order chi connectivity index (χ1) is 11.7. The molecule has 1 aliphatic rings. The van der Waals surface area contributed by atoms with Crippen LogP contribution in [0, 0.1) is 12.7 Å². The third-order valence-corrected chi connectivity index (χ3v) is 4.33. The highest BCUT2D eigenvalue weighted by atomic mass is 35.5. The Bertz CT molecular complexity index is 856. The Morgan fingerprint density at radius 3 is 2.96 bits per heavy atom. The van der Waals surface area contributed by atoms with Crippen LogP contribution in [0.25, 0.3) is 23.0 Å². The lowest BCUT2D eigenvalue weighted by molar-refractivity contribution is 0.346. The number of halogens is 2. The highest BCUT2D eigenvalue weighted by molar-refractivity contribution is 5.85. The fourth-order valence-electron chi connectivity index (χ4n) is 2.89. The number of aromatic nitrogens is 4. The maximum atomic E-state index is 13.7. The Morgan fingerprint density at radius 1 is 1.32 bits per heavy atom. The molecule has 0 saturated carbocycles. The third kappa shape index (κ3) is 3.57. The van der Waals surface area contributed by atoms with Crippen molar-refractivity contribution in [1.82, 2.24) is 25.2 Å². The zero-order chi connectivity index (χ0) is 16.5. The highest BCUT2D eigenvalue weighted by Crippen LogP contribution is 2.24. The summed E-state index contributed by atoms with van der Waals surface area (Å²) in [5.74, 6) is 0.416. The van der Waals surface area contributed by atoms with Crippen molar-refractivity contribution in [3.63, 3.8) is 0 Å². The lowest BCUT2D eigenvalue weighted by atomic mass is 10.1. The highest BCUT2D eigenvalue weighted by Gasteiger charge is 2.18. The second-order valence-electron chi connectivity index (χ2n) is 6.07. The largest absolute Gasteiger partial charge is 0.332 e. The second kappa shape index (κ2) is 7.33. The number of hydrogen-bond acceptors (Lipinski definition) is 5. The van der Waals surface area contributed by atoms with Crippen LogP contribution in [0.2, 0.25) is 0 Å². The first kappa shape index (κ1) is 17.6. The van der Waals surface area contributed by atoms with Crippen LogP contribution in [0.4, 0.5) is 4.39 Å². The van der Waals surface area contributed by atoms with Gasteiger partial charge in [0, 0.05) is 18.3 Å². The van der Waals surface area contributed by atoms with E-state index in [4.69, 9.17) is 4.52 Å². The van der Waals surface area contributed by atoms with Crippen molar-refractivity contribution in [2.45, 2.75) is 25.8 Å². The molecule has 1 aliphatic heterocycles. The Kier molecular flexibility index (Phi) is 5.15. The number of rotatable bonds is 3. The molecule has 25 heavy (non-hydrogen) atoms. The number of aryl methyl sites for hydroxylation is 1. The molecular weight excluding hydrogens is 345 g/mol. The molecule has 1 atom stereocenters. The van der Waals surface area contributed by atoms with Crippen molar-refractivity contribution in [2.75, 3.05) is 13.1 Å². The van der Waals surface area contributed by atoms with E-state index in [1.54, 1.807) is 19.1 Å². The van der Waals surface area contributed by atoms with Crippen molar-refractivity contribution in [2.24, 2.45) is 0 Å². The van der Waals surface area contributed by atoms with Crippen LogP contribution in [-0.4, -0.2) is 33.0 Å². The molecule has 2 aromatic heterocycles. The minimum Gasteiger partial charge on any atom is -0.332 e. The average molecular weight is 364 g/mol. The van der Waals surface area contributed by atoms with E-state index in [0.29, 0.717) is 34.6 Å². The minimum atomic E-state index is -0.284. The summed E-state index contributed by atoms with van der Waals surface area (Å²) in [7, 11) is 0. The summed E-state index contributed by atoms with van der Waals surface area (Å²) in [5, 5.41) is 11.9. The maximum Gasteiger partial charge on any atom is 0.278 e. The van der Waals surface area contributed by atoms with E-state index < -0.39 is 0 Å². The fraction of sp³-hybridized carbons (Fsp3) is 0.353. The molecule has 1 aromatic carbocycles. The van der Waals surface area contributed by atoms with Gasteiger partial charge in [-0.05, 0) is 44.0 Å². The van der Waals surface area contributed by atoms with Crippen molar-refractivity contribution < 1.29 is 8.91 Å². The molecule has 0 bridgehead atoms. The first-order valence-corrected chi connectivity index (χ1v) is 8.07. The monoisotopic (exact) mass is 363 g/mol. The van der Waals surface area contributed by atoms with Crippen molar-refractivity contribution in [1.29, 1.82) is 0 Å². The quantitative estimate of drug-likeness (QED) is 0.772. The number of benzene rings is 1. The SMILES string of the molecule is Cc1ccc(-c2noc(-c3ccn(C4CCCNC4)n3)n2)cc1F.Cl. The number of piperidine rings is 1. The molecule has 4 rings (SSSR count). The van der Waals surface area contributed by atoms with E-state index in [0.717, 1.165) is 25.9 Å². The van der Waals surface area contributed by atoms with Gasteiger partial charge in [-0.2, -0.15) is 10.1 Å². The van der Waals surface area contributed by atoms with Crippen LogP contribution in [0.5, 0.6) is 0 Å². The molecule has 8 heteroatoms. The van der Waals surface area contributed by atoms with Crippen LogP contribution in [-0.2, 0) is 0 Å². The van der Waals surface area contributed by atoms with E-state index in [2.05, 4.69) is 20.6 Å². The van der Waals surface area contributed by atoms with E-state index in [1.165, 1.54) is 6.07 Å². The summed E-state index contributed by atoms with van der Waals surface area (Å²) < 4.78 is 20.9. The molecule has 1 fully saturated rings. The fourth-order valence-corrected chi connectivity index (χ4v) is 2.89. The summed E-state index contributed by atoms with van der Waals surface area (Å²) in [4.78, 5) is 4.34. The molecule has 1 saturated heterocycles. The number of hydrogen-bond donors (Lipinski definition) is 1. The molecule has 3 aromatic rings. The van der Waals surface area contributed by atoms with Crippen LogP contribution in [0.15, 0.2) is 35.0 Å². The first-order valence-electron chi connectivity index (χ1n) is 8.07. The standard InChI is InChI=1S/C17H18FN5O.ClH/c1-11-4-5-12(9-14(11)18)16-20-17(24-22-16)15-6-8-23(21-15)13-3-2-7-19-10-13;/h4-6,8-9,13,19H,2-3,7,10H2,1H3;1H. The Labute approximate surface area is 150 Å². The van der Waals surface area contributed by atoms with Gasteiger partial charge in [0.25, 0.3) is 5.89 Å². The third-order valence-electron chi connectivity index (χ3n) is 4.33. The normalized spacial score (nSPS) is 17.3. The molecule has 0 aliphatic carbocycles. The van der Waals surface area contributed by atoms with Crippen molar-refractivity contribution in [3.8, 4) is 23.0 Å². The summed E-state index contributed by atoms with van der Waals surface area (Å²) in [5.41, 5.74) is 1.80. The van der Waals surface area contributed by atoms with Gasteiger partial charge in [-0.25, -0.2) is 4.39 Å². The molecular formula is C17H19ClFN5O. The van der Waals surface area contributed by atoms with Gasteiger partial charge < -0.3 is 9.84 Å². The lowest BCUT2D eigenvalue weighted by Gasteiger charge is -2.22. The predicted octanol–water partition coefficient (Wildman–Crippen LogP) is 3.39. The molecule has 1 N–H and O–H groups in total. The maximum absolute atomic E-state index is 13.7. The Morgan fingerprint density at radius 2 is 2.20 bits per heavy atom. The van der Waals surface area contributed by atoms with Crippen molar-refractivity contribution >= 4 is 12.4 Å². The van der Waals surface area contributed by atoms with Gasteiger partial charge in [0.05, 0.1) is 6.04 Å². The van der Waals surface area contributed by atoms with Gasteiger partial charge >= 0.3 is 0 Å². The molecule has 6 nitrogen and oxygen atoms in total. The molecule has 0 spiro atoms. The molecule has 0 radical (unpaired) electrons. The molecule has 1 unspecified atom stereocenters. The summed E-state index contributed by atoms with van der Waals surface area (Å²) >= 11 is 0. The number of nitrogens with one attached hydrogen (secondary N) is 1. The Hall–Kier alpha value is -2.25. The van der Waals surface area contributed by atoms with E-state index >= 15 is 0 Å². The van der Waals surface area contributed by atoms with Gasteiger partial charge in [-0.1, -0.05) is 17.3 Å². The van der Waals surface area contributed by atoms with Crippen LogP contribution in [0.1, 0.15) is 24.4 Å². The van der Waals surface area contributed by atoms with E-state index in [1.807, 2.05) is 16.9 Å². The van der Waals surface area contributed by atoms with Gasteiger partial charge in [0.2, 0.25) is 5.82 Å². The summed E-state index contributed by atoms with van der Waals surface area (Å²) in [6, 6.07) is 7.10. The lowest BCUT2D eigenvalue weighted by Crippen LogP contribution is -2.31. The molecule has 132 valence electrons. The average Bonchev–Trinajstić information content (AvgIpc) is 3.27. The second-order valence-corrected chi connectivity index (χ2v) is 6.07. The minimum absolute atomic E-state index is 0. The summed E-state index contributed by atoms with van der Waals surface area (Å²) in [6.45, 7) is 3.69. The van der Waals surface area contributed by atoms with Gasteiger partial charge in [0.15, 0.2) is 5.69 Å². The number of nitrogens with zero attached hydrogens (tertiary/aromatic N) is 4. The van der Waals surface area contributed by atoms with Crippen LogP contribution < -0.4 is 5.32 Å². The summed E-state index contributed by atoms with van der Waals surface area (Å²) in [6.07, 6.45) is 4.18. The molecule has 3 heterocycles. The smallest absolute Gasteiger partial charge is 0.278 e. The van der Waals surface area contributed by atoms with E-state index in [-0.39, 0.29) is 18.2 Å². The van der Waals surface area contributed by atoms with Gasteiger partial charge in [0.1, 0.15) is 5.82 Å². The van der Waals surface area contributed by atoms with Gasteiger partial charge in [-0.15, -0.1) is 12.4 Å². The Balaban J connectivity index is 0.00000182. The zero-order valence-electron chi connectivity index (χ0n) is 13.8. The molecule has 0 amide bonds.